The molecule has 1 fully saturated rings. The largest absolute Gasteiger partial charge is 0.497 e. The van der Waals surface area contributed by atoms with Crippen LogP contribution >= 0.6 is 0 Å². The molecule has 2 N–H and O–H groups in total. The van der Waals surface area contributed by atoms with Crippen molar-refractivity contribution in [3.63, 3.8) is 0 Å². The summed E-state index contributed by atoms with van der Waals surface area (Å²) in [6.45, 7) is 4.94. The molecule has 1 aliphatic heterocycles. The molecule has 0 bridgehead atoms. The summed E-state index contributed by atoms with van der Waals surface area (Å²) < 4.78 is 5.13. The molecule has 106 valence electrons. The Morgan fingerprint density at radius 2 is 1.95 bits per heavy atom. The number of rotatable bonds is 6. The SMILES string of the molecule is COc1ccc(CCC(O)CN2CCNCC2)cc1. The zero-order chi connectivity index (χ0) is 13.5. The van der Waals surface area contributed by atoms with E-state index in [-0.39, 0.29) is 6.10 Å². The predicted octanol–water partition coefficient (Wildman–Crippen LogP) is 0.894. The lowest BCUT2D eigenvalue weighted by atomic mass is 10.1. The maximum Gasteiger partial charge on any atom is 0.118 e. The molecule has 1 unspecified atom stereocenters. The van der Waals surface area contributed by atoms with Crippen LogP contribution in [0.1, 0.15) is 12.0 Å². The van der Waals surface area contributed by atoms with Gasteiger partial charge in [-0.1, -0.05) is 12.1 Å². The molecule has 2 rings (SSSR count). The topological polar surface area (TPSA) is 44.7 Å². The Morgan fingerprint density at radius 1 is 1.26 bits per heavy atom. The van der Waals surface area contributed by atoms with Crippen LogP contribution in [-0.4, -0.2) is 55.9 Å². The third-order valence-electron chi connectivity index (χ3n) is 3.60. The molecule has 0 radical (unpaired) electrons. The van der Waals surface area contributed by atoms with E-state index in [1.54, 1.807) is 7.11 Å². The smallest absolute Gasteiger partial charge is 0.118 e. The summed E-state index contributed by atoms with van der Waals surface area (Å²) in [5, 5.41) is 13.4. The van der Waals surface area contributed by atoms with Crippen LogP contribution in [0.25, 0.3) is 0 Å². The number of aryl methyl sites for hydroxylation is 1. The fourth-order valence-corrected chi connectivity index (χ4v) is 2.41. The van der Waals surface area contributed by atoms with Crippen molar-refractivity contribution in [2.75, 3.05) is 39.8 Å². The number of β-amino-alcohol motifs (C(OH)–C–C–N with tert-alkyl or cyclic N) is 1. The van der Waals surface area contributed by atoms with E-state index >= 15 is 0 Å². The van der Waals surface area contributed by atoms with Crippen molar-refractivity contribution < 1.29 is 9.84 Å². The Balaban J connectivity index is 1.71. The van der Waals surface area contributed by atoms with Gasteiger partial charge in [-0.25, -0.2) is 0 Å². The lowest BCUT2D eigenvalue weighted by molar-refractivity contribution is 0.0987. The van der Waals surface area contributed by atoms with Gasteiger partial charge < -0.3 is 15.2 Å². The highest BCUT2D eigenvalue weighted by atomic mass is 16.5. The average molecular weight is 264 g/mol. The molecular formula is C15H24N2O2. The third kappa shape index (κ3) is 4.82. The third-order valence-corrected chi connectivity index (χ3v) is 3.60. The Kier molecular flexibility index (Phi) is 5.63. The van der Waals surface area contributed by atoms with Gasteiger partial charge in [-0.3, -0.25) is 4.90 Å². The molecule has 4 nitrogen and oxygen atoms in total. The van der Waals surface area contributed by atoms with Crippen molar-refractivity contribution in [1.82, 2.24) is 10.2 Å². The number of nitrogens with zero attached hydrogens (tertiary/aromatic N) is 1. The second-order valence-corrected chi connectivity index (χ2v) is 5.09. The standard InChI is InChI=1S/C15H24N2O2/c1-19-15-6-3-13(4-7-15)2-5-14(18)12-17-10-8-16-9-11-17/h3-4,6-7,14,16,18H,2,5,8-12H2,1H3. The van der Waals surface area contributed by atoms with Gasteiger partial charge in [-0.2, -0.15) is 0 Å². The van der Waals surface area contributed by atoms with Crippen LogP contribution in [0.2, 0.25) is 0 Å². The van der Waals surface area contributed by atoms with Crippen LogP contribution in [0, 0.1) is 0 Å². The molecule has 1 aromatic rings. The Hall–Kier alpha value is -1.10. The summed E-state index contributed by atoms with van der Waals surface area (Å²) in [6, 6.07) is 8.07. The van der Waals surface area contributed by atoms with Crippen molar-refractivity contribution in [3.8, 4) is 5.75 Å². The molecule has 1 aliphatic rings. The van der Waals surface area contributed by atoms with Crippen LogP contribution in [-0.2, 0) is 6.42 Å². The van der Waals surface area contributed by atoms with Crippen molar-refractivity contribution >= 4 is 0 Å². The van der Waals surface area contributed by atoms with E-state index in [4.69, 9.17) is 4.74 Å². The first-order valence-electron chi connectivity index (χ1n) is 7.02. The summed E-state index contributed by atoms with van der Waals surface area (Å²) in [7, 11) is 1.67. The summed E-state index contributed by atoms with van der Waals surface area (Å²) in [5.74, 6) is 0.880. The molecule has 4 heteroatoms. The number of hydrogen-bond acceptors (Lipinski definition) is 4. The minimum absolute atomic E-state index is 0.236. The fraction of sp³-hybridized carbons (Fsp3) is 0.600. The van der Waals surface area contributed by atoms with Crippen molar-refractivity contribution in [3.05, 3.63) is 29.8 Å². The highest BCUT2D eigenvalue weighted by molar-refractivity contribution is 5.27. The van der Waals surface area contributed by atoms with Crippen LogP contribution < -0.4 is 10.1 Å². The lowest BCUT2D eigenvalue weighted by Crippen LogP contribution is -2.46. The summed E-state index contributed by atoms with van der Waals surface area (Å²) in [4.78, 5) is 2.33. The van der Waals surface area contributed by atoms with Gasteiger partial charge in [-0.15, -0.1) is 0 Å². The fourth-order valence-electron chi connectivity index (χ4n) is 2.41. The van der Waals surface area contributed by atoms with Gasteiger partial charge in [0.15, 0.2) is 0 Å². The molecule has 0 aliphatic carbocycles. The highest BCUT2D eigenvalue weighted by Crippen LogP contribution is 2.13. The summed E-state index contributed by atoms with van der Waals surface area (Å²) in [6.07, 6.45) is 1.49. The normalized spacial score (nSPS) is 18.2. The second kappa shape index (κ2) is 7.48. The van der Waals surface area contributed by atoms with E-state index in [2.05, 4.69) is 22.3 Å². The van der Waals surface area contributed by atoms with Crippen molar-refractivity contribution in [2.24, 2.45) is 0 Å². The number of benzene rings is 1. The molecule has 1 saturated heterocycles. The van der Waals surface area contributed by atoms with Gasteiger partial charge in [0.05, 0.1) is 13.2 Å². The zero-order valence-corrected chi connectivity index (χ0v) is 11.6. The van der Waals surface area contributed by atoms with Gasteiger partial charge in [0.2, 0.25) is 0 Å². The first kappa shape index (κ1) is 14.3. The van der Waals surface area contributed by atoms with E-state index in [0.29, 0.717) is 0 Å². The van der Waals surface area contributed by atoms with Crippen molar-refractivity contribution in [2.45, 2.75) is 18.9 Å². The molecule has 19 heavy (non-hydrogen) atoms. The van der Waals surface area contributed by atoms with Crippen LogP contribution in [0.3, 0.4) is 0 Å². The molecule has 0 saturated carbocycles. The summed E-state index contributed by atoms with van der Waals surface area (Å²) in [5.41, 5.74) is 1.25. The Bertz CT molecular complexity index is 361. The van der Waals surface area contributed by atoms with E-state index in [0.717, 1.165) is 51.3 Å². The van der Waals surface area contributed by atoms with Crippen LogP contribution in [0.5, 0.6) is 5.75 Å². The minimum atomic E-state index is -0.236. The number of aliphatic hydroxyl groups is 1. The number of hydrogen-bond donors (Lipinski definition) is 2. The maximum absolute atomic E-state index is 10.1. The van der Waals surface area contributed by atoms with Crippen LogP contribution in [0.15, 0.2) is 24.3 Å². The summed E-state index contributed by atoms with van der Waals surface area (Å²) >= 11 is 0. The average Bonchev–Trinajstić information content (AvgIpc) is 2.47. The molecule has 1 aromatic carbocycles. The van der Waals surface area contributed by atoms with E-state index in [9.17, 15) is 5.11 Å². The number of aliphatic hydroxyl groups excluding tert-OH is 1. The minimum Gasteiger partial charge on any atom is -0.497 e. The molecule has 0 spiro atoms. The predicted molar refractivity (Wildman–Crippen MR) is 76.6 cm³/mol. The lowest BCUT2D eigenvalue weighted by Gasteiger charge is -2.29. The maximum atomic E-state index is 10.1. The van der Waals surface area contributed by atoms with E-state index in [1.165, 1.54) is 5.56 Å². The molecule has 0 aromatic heterocycles. The Morgan fingerprint density at radius 3 is 2.58 bits per heavy atom. The van der Waals surface area contributed by atoms with Gasteiger partial charge in [0.1, 0.15) is 5.75 Å². The first-order valence-corrected chi connectivity index (χ1v) is 7.02. The monoisotopic (exact) mass is 264 g/mol. The van der Waals surface area contributed by atoms with Gasteiger partial charge in [-0.05, 0) is 30.5 Å². The number of nitrogens with one attached hydrogen (secondary N) is 1. The molecule has 1 heterocycles. The molecule has 0 amide bonds. The number of ether oxygens (including phenoxy) is 1. The van der Waals surface area contributed by atoms with E-state index < -0.39 is 0 Å². The quantitative estimate of drug-likeness (QED) is 0.801. The van der Waals surface area contributed by atoms with Crippen molar-refractivity contribution in [1.29, 1.82) is 0 Å². The van der Waals surface area contributed by atoms with Gasteiger partial charge in [0.25, 0.3) is 0 Å². The first-order chi connectivity index (χ1) is 9.28. The highest BCUT2D eigenvalue weighted by Gasteiger charge is 2.14. The van der Waals surface area contributed by atoms with Crippen LogP contribution in [0.4, 0.5) is 0 Å². The number of piperazine rings is 1. The van der Waals surface area contributed by atoms with Gasteiger partial charge >= 0.3 is 0 Å². The van der Waals surface area contributed by atoms with Gasteiger partial charge in [0, 0.05) is 32.7 Å². The second-order valence-electron chi connectivity index (χ2n) is 5.09. The van der Waals surface area contributed by atoms with E-state index in [1.807, 2.05) is 12.1 Å². The molecule has 1 atom stereocenters. The number of methoxy groups -OCH3 is 1. The Labute approximate surface area is 115 Å². The molecular weight excluding hydrogens is 240 g/mol. The zero-order valence-electron chi connectivity index (χ0n) is 11.6.